The Hall–Kier alpha value is -2.08. The van der Waals surface area contributed by atoms with Crippen LogP contribution in [0.5, 0.6) is 5.75 Å². The van der Waals surface area contributed by atoms with E-state index in [-0.39, 0.29) is 12.5 Å². The summed E-state index contributed by atoms with van der Waals surface area (Å²) in [5.74, 6) is 0.973. The number of anilines is 1. The molecule has 0 fully saturated rings. The molecular formula is C15H19N3O2S. The summed E-state index contributed by atoms with van der Waals surface area (Å²) in [5, 5.41) is 5.26. The van der Waals surface area contributed by atoms with Crippen molar-refractivity contribution in [2.75, 3.05) is 18.9 Å². The molecule has 0 spiro atoms. The topological polar surface area (TPSA) is 77.2 Å². The van der Waals surface area contributed by atoms with Crippen LogP contribution in [-0.2, 0) is 4.79 Å². The lowest BCUT2D eigenvalue weighted by molar-refractivity contribution is -0.123. The van der Waals surface area contributed by atoms with Gasteiger partial charge in [0.15, 0.2) is 11.7 Å². The number of carbonyl (C=O) groups is 1. The Bertz CT molecular complexity index is 593. The smallest absolute Gasteiger partial charge is 0.257 e. The summed E-state index contributed by atoms with van der Waals surface area (Å²) in [7, 11) is 0. The van der Waals surface area contributed by atoms with Gasteiger partial charge in [-0.2, -0.15) is 0 Å². The fourth-order valence-electron chi connectivity index (χ4n) is 1.66. The molecule has 0 unspecified atom stereocenters. The van der Waals surface area contributed by atoms with Gasteiger partial charge in [0.05, 0.1) is 5.69 Å². The molecule has 1 aromatic carbocycles. The first-order valence-electron chi connectivity index (χ1n) is 6.75. The molecule has 6 heteroatoms. The molecule has 1 aromatic heterocycles. The number of nitrogens with zero attached hydrogens (tertiary/aromatic N) is 1. The minimum Gasteiger partial charge on any atom is -0.484 e. The molecule has 21 heavy (non-hydrogen) atoms. The molecule has 0 aliphatic heterocycles. The molecule has 0 bridgehead atoms. The lowest BCUT2D eigenvalue weighted by Gasteiger charge is -2.09. The van der Waals surface area contributed by atoms with Gasteiger partial charge in [0.25, 0.3) is 5.91 Å². The van der Waals surface area contributed by atoms with E-state index in [1.54, 1.807) is 0 Å². The molecule has 3 N–H and O–H groups in total. The second-order valence-electron chi connectivity index (χ2n) is 5.08. The summed E-state index contributed by atoms with van der Waals surface area (Å²) in [6, 6.07) is 7.44. The van der Waals surface area contributed by atoms with E-state index in [2.05, 4.69) is 10.3 Å². The maximum Gasteiger partial charge on any atom is 0.257 e. The molecule has 2 aromatic rings. The number of ether oxygens (including phenoxy) is 1. The van der Waals surface area contributed by atoms with Crippen LogP contribution in [0.4, 0.5) is 5.13 Å². The van der Waals surface area contributed by atoms with Crippen LogP contribution in [0.2, 0.25) is 0 Å². The monoisotopic (exact) mass is 305 g/mol. The van der Waals surface area contributed by atoms with Gasteiger partial charge in [0.1, 0.15) is 5.75 Å². The van der Waals surface area contributed by atoms with Crippen LogP contribution in [0.15, 0.2) is 29.6 Å². The lowest BCUT2D eigenvalue weighted by atomic mass is 10.2. The van der Waals surface area contributed by atoms with Crippen molar-refractivity contribution in [1.82, 2.24) is 10.3 Å². The highest BCUT2D eigenvalue weighted by Crippen LogP contribution is 2.24. The van der Waals surface area contributed by atoms with Gasteiger partial charge in [-0.15, -0.1) is 11.3 Å². The number of nitrogens with two attached hydrogens (primary N) is 1. The van der Waals surface area contributed by atoms with E-state index in [9.17, 15) is 4.79 Å². The second kappa shape index (κ2) is 7.08. The molecule has 1 amide bonds. The minimum absolute atomic E-state index is 0.0235. The van der Waals surface area contributed by atoms with Gasteiger partial charge >= 0.3 is 0 Å². The zero-order valence-corrected chi connectivity index (χ0v) is 12.9. The number of carbonyl (C=O) groups excluding carboxylic acids is 1. The second-order valence-corrected chi connectivity index (χ2v) is 5.97. The van der Waals surface area contributed by atoms with Crippen molar-refractivity contribution in [1.29, 1.82) is 0 Å². The Morgan fingerprint density at radius 3 is 2.67 bits per heavy atom. The molecule has 0 saturated heterocycles. The molecule has 0 aliphatic carbocycles. The maximum absolute atomic E-state index is 11.6. The van der Waals surface area contributed by atoms with Crippen molar-refractivity contribution >= 4 is 22.4 Å². The number of benzene rings is 1. The largest absolute Gasteiger partial charge is 0.484 e. The Labute approximate surface area is 128 Å². The molecular weight excluding hydrogens is 286 g/mol. The first kappa shape index (κ1) is 15.3. The molecule has 2 rings (SSSR count). The SMILES string of the molecule is CC(C)CNC(=O)COc1ccc(-c2csc(N)n2)cc1. The van der Waals surface area contributed by atoms with Crippen molar-refractivity contribution < 1.29 is 9.53 Å². The van der Waals surface area contributed by atoms with Crippen molar-refractivity contribution in [2.24, 2.45) is 5.92 Å². The summed E-state index contributed by atoms with van der Waals surface area (Å²) >= 11 is 1.41. The lowest BCUT2D eigenvalue weighted by Crippen LogP contribution is -2.31. The van der Waals surface area contributed by atoms with Gasteiger partial charge in [-0.1, -0.05) is 13.8 Å². The quantitative estimate of drug-likeness (QED) is 0.860. The van der Waals surface area contributed by atoms with E-state index in [0.717, 1.165) is 11.3 Å². The highest BCUT2D eigenvalue weighted by atomic mass is 32.1. The highest BCUT2D eigenvalue weighted by molar-refractivity contribution is 7.13. The first-order chi connectivity index (χ1) is 10.0. The Morgan fingerprint density at radius 1 is 1.38 bits per heavy atom. The van der Waals surface area contributed by atoms with Crippen molar-refractivity contribution in [3.05, 3.63) is 29.6 Å². The average molecular weight is 305 g/mol. The van der Waals surface area contributed by atoms with Crippen molar-refractivity contribution in [3.8, 4) is 17.0 Å². The Kier molecular flexibility index (Phi) is 5.16. The maximum atomic E-state index is 11.6. The highest BCUT2D eigenvalue weighted by Gasteiger charge is 2.05. The number of aromatic nitrogens is 1. The van der Waals surface area contributed by atoms with Crippen LogP contribution >= 0.6 is 11.3 Å². The van der Waals surface area contributed by atoms with Crippen LogP contribution in [-0.4, -0.2) is 24.0 Å². The van der Waals surface area contributed by atoms with Gasteiger partial charge < -0.3 is 15.8 Å². The molecule has 1 heterocycles. The van der Waals surface area contributed by atoms with Crippen LogP contribution < -0.4 is 15.8 Å². The zero-order valence-electron chi connectivity index (χ0n) is 12.1. The first-order valence-corrected chi connectivity index (χ1v) is 7.63. The normalized spacial score (nSPS) is 10.6. The average Bonchev–Trinajstić information content (AvgIpc) is 2.90. The van der Waals surface area contributed by atoms with Crippen molar-refractivity contribution in [2.45, 2.75) is 13.8 Å². The standard InChI is InChI=1S/C15H19N3O2S/c1-10(2)7-17-14(19)8-20-12-5-3-11(4-6-12)13-9-21-15(16)18-13/h3-6,9-10H,7-8H2,1-2H3,(H2,16,18)(H,17,19). The van der Waals surface area contributed by atoms with E-state index in [4.69, 9.17) is 10.5 Å². The third-order valence-corrected chi connectivity index (χ3v) is 3.42. The van der Waals surface area contributed by atoms with E-state index in [0.29, 0.717) is 23.3 Å². The van der Waals surface area contributed by atoms with Crippen molar-refractivity contribution in [3.63, 3.8) is 0 Å². The number of nitrogen functional groups attached to an aromatic ring is 1. The number of amides is 1. The predicted molar refractivity (Wildman–Crippen MR) is 85.3 cm³/mol. The summed E-state index contributed by atoms with van der Waals surface area (Å²) in [6.45, 7) is 4.78. The van der Waals surface area contributed by atoms with E-state index in [1.807, 2.05) is 43.5 Å². The summed E-state index contributed by atoms with van der Waals surface area (Å²) < 4.78 is 5.44. The summed E-state index contributed by atoms with van der Waals surface area (Å²) in [4.78, 5) is 15.8. The number of hydrogen-bond donors (Lipinski definition) is 2. The third kappa shape index (κ3) is 4.75. The molecule has 112 valence electrons. The fourth-order valence-corrected chi connectivity index (χ4v) is 2.23. The number of nitrogens with one attached hydrogen (secondary N) is 1. The summed E-state index contributed by atoms with van der Waals surface area (Å²) in [5.41, 5.74) is 7.43. The van der Waals surface area contributed by atoms with Crippen LogP contribution in [0.3, 0.4) is 0 Å². The van der Waals surface area contributed by atoms with Gasteiger partial charge in [-0.25, -0.2) is 4.98 Å². The van der Waals surface area contributed by atoms with Crippen LogP contribution in [0.25, 0.3) is 11.3 Å². The van der Waals surface area contributed by atoms with Gasteiger partial charge in [-0.3, -0.25) is 4.79 Å². The van der Waals surface area contributed by atoms with Crippen LogP contribution in [0.1, 0.15) is 13.8 Å². The predicted octanol–water partition coefficient (Wildman–Crippen LogP) is 2.54. The third-order valence-electron chi connectivity index (χ3n) is 2.75. The molecule has 0 radical (unpaired) electrons. The number of rotatable bonds is 6. The Balaban J connectivity index is 1.86. The van der Waals surface area contributed by atoms with E-state index >= 15 is 0 Å². The van der Waals surface area contributed by atoms with Gasteiger partial charge in [0.2, 0.25) is 0 Å². The van der Waals surface area contributed by atoms with E-state index in [1.165, 1.54) is 11.3 Å². The van der Waals surface area contributed by atoms with Crippen LogP contribution in [0, 0.1) is 5.92 Å². The fraction of sp³-hybridized carbons (Fsp3) is 0.333. The minimum atomic E-state index is -0.111. The molecule has 0 aliphatic rings. The molecule has 0 saturated carbocycles. The van der Waals surface area contributed by atoms with Gasteiger partial charge in [0, 0.05) is 17.5 Å². The molecule has 0 atom stereocenters. The summed E-state index contributed by atoms with van der Waals surface area (Å²) in [6.07, 6.45) is 0. The Morgan fingerprint density at radius 2 is 2.10 bits per heavy atom. The van der Waals surface area contributed by atoms with E-state index < -0.39 is 0 Å². The number of thiazole rings is 1. The number of hydrogen-bond acceptors (Lipinski definition) is 5. The van der Waals surface area contributed by atoms with Gasteiger partial charge in [-0.05, 0) is 30.2 Å². The zero-order chi connectivity index (χ0) is 15.2. The molecule has 5 nitrogen and oxygen atoms in total.